The SMILES string of the molecule is CC1(C(O)CC2=CCCC2)CC1. The molecule has 0 bridgehead atoms. The summed E-state index contributed by atoms with van der Waals surface area (Å²) in [5, 5.41) is 9.87. The molecule has 0 spiro atoms. The van der Waals surface area contributed by atoms with Crippen LogP contribution < -0.4 is 0 Å². The van der Waals surface area contributed by atoms with E-state index in [-0.39, 0.29) is 11.5 Å². The largest absolute Gasteiger partial charge is 0.392 e. The highest BCUT2D eigenvalue weighted by molar-refractivity contribution is 5.11. The maximum absolute atomic E-state index is 9.87. The van der Waals surface area contributed by atoms with Gasteiger partial charge in [-0.05, 0) is 43.9 Å². The molecule has 0 aromatic heterocycles. The Morgan fingerprint density at radius 1 is 1.58 bits per heavy atom. The third kappa shape index (κ3) is 1.56. The number of hydrogen-bond acceptors (Lipinski definition) is 1. The molecule has 2 rings (SSSR count). The molecule has 0 aromatic rings. The van der Waals surface area contributed by atoms with Crippen LogP contribution in [-0.2, 0) is 0 Å². The van der Waals surface area contributed by atoms with E-state index in [1.165, 1.54) is 37.7 Å². The second-order valence-electron chi connectivity index (χ2n) is 4.63. The van der Waals surface area contributed by atoms with Crippen molar-refractivity contribution < 1.29 is 5.11 Å². The summed E-state index contributed by atoms with van der Waals surface area (Å²) in [6, 6.07) is 0. The first-order valence-corrected chi connectivity index (χ1v) is 5.07. The summed E-state index contributed by atoms with van der Waals surface area (Å²) in [4.78, 5) is 0. The number of allylic oxidation sites excluding steroid dienone is 1. The molecule has 1 nitrogen and oxygen atoms in total. The Hall–Kier alpha value is -0.300. The molecule has 1 unspecified atom stereocenters. The Bertz CT molecular complexity index is 201. The van der Waals surface area contributed by atoms with Crippen LogP contribution in [0, 0.1) is 5.41 Å². The monoisotopic (exact) mass is 166 g/mol. The molecule has 1 N–H and O–H groups in total. The Balaban J connectivity index is 1.85. The zero-order valence-electron chi connectivity index (χ0n) is 7.84. The van der Waals surface area contributed by atoms with Crippen molar-refractivity contribution in [2.24, 2.45) is 5.41 Å². The lowest BCUT2D eigenvalue weighted by Gasteiger charge is -2.17. The van der Waals surface area contributed by atoms with Gasteiger partial charge in [0, 0.05) is 0 Å². The lowest BCUT2D eigenvalue weighted by molar-refractivity contribution is 0.103. The van der Waals surface area contributed by atoms with Gasteiger partial charge in [0.05, 0.1) is 6.10 Å². The van der Waals surface area contributed by atoms with E-state index in [0.717, 1.165) is 6.42 Å². The van der Waals surface area contributed by atoms with E-state index in [0.29, 0.717) is 0 Å². The predicted octanol–water partition coefficient (Wildman–Crippen LogP) is 2.65. The average molecular weight is 166 g/mol. The third-order valence-corrected chi connectivity index (χ3v) is 3.43. The summed E-state index contributed by atoms with van der Waals surface area (Å²) in [5.74, 6) is 0. The van der Waals surface area contributed by atoms with E-state index in [4.69, 9.17) is 0 Å². The summed E-state index contributed by atoms with van der Waals surface area (Å²) in [5.41, 5.74) is 1.78. The molecule has 2 aliphatic carbocycles. The van der Waals surface area contributed by atoms with Crippen LogP contribution in [0.15, 0.2) is 11.6 Å². The average Bonchev–Trinajstić information content (AvgIpc) is 2.63. The third-order valence-electron chi connectivity index (χ3n) is 3.43. The lowest BCUT2D eigenvalue weighted by atomic mass is 9.95. The van der Waals surface area contributed by atoms with Gasteiger partial charge in [-0.1, -0.05) is 18.6 Å². The van der Waals surface area contributed by atoms with Gasteiger partial charge in [0.1, 0.15) is 0 Å². The number of rotatable bonds is 3. The fourth-order valence-electron chi connectivity index (χ4n) is 1.95. The van der Waals surface area contributed by atoms with E-state index >= 15 is 0 Å². The number of hydrogen-bond donors (Lipinski definition) is 1. The summed E-state index contributed by atoms with van der Waals surface area (Å²) >= 11 is 0. The van der Waals surface area contributed by atoms with Gasteiger partial charge in [-0.15, -0.1) is 0 Å². The van der Waals surface area contributed by atoms with Crippen LogP contribution in [0.25, 0.3) is 0 Å². The van der Waals surface area contributed by atoms with Gasteiger partial charge in [-0.25, -0.2) is 0 Å². The van der Waals surface area contributed by atoms with Crippen molar-refractivity contribution in [2.45, 2.75) is 51.6 Å². The highest BCUT2D eigenvalue weighted by atomic mass is 16.3. The van der Waals surface area contributed by atoms with Gasteiger partial charge < -0.3 is 5.11 Å². The summed E-state index contributed by atoms with van der Waals surface area (Å²) in [6.45, 7) is 2.20. The van der Waals surface area contributed by atoms with Crippen LogP contribution in [0.5, 0.6) is 0 Å². The summed E-state index contributed by atoms with van der Waals surface area (Å²) < 4.78 is 0. The topological polar surface area (TPSA) is 20.2 Å². The molecule has 0 amide bonds. The van der Waals surface area contributed by atoms with E-state index in [1.807, 2.05) is 0 Å². The maximum Gasteiger partial charge on any atom is 0.0630 e. The zero-order chi connectivity index (χ0) is 8.60. The molecule has 0 aliphatic heterocycles. The molecule has 68 valence electrons. The first-order chi connectivity index (χ1) is 5.71. The minimum Gasteiger partial charge on any atom is -0.392 e. The van der Waals surface area contributed by atoms with Crippen LogP contribution in [0.2, 0.25) is 0 Å². The Morgan fingerprint density at radius 3 is 2.83 bits per heavy atom. The first kappa shape index (κ1) is 8.31. The van der Waals surface area contributed by atoms with Crippen LogP contribution >= 0.6 is 0 Å². The molecule has 1 heteroatoms. The molecular formula is C11H18O. The Kier molecular flexibility index (Phi) is 1.99. The normalized spacial score (nSPS) is 28.3. The van der Waals surface area contributed by atoms with Gasteiger partial charge in [-0.3, -0.25) is 0 Å². The molecule has 0 saturated heterocycles. The minimum absolute atomic E-state index is 0.0677. The van der Waals surface area contributed by atoms with Crippen LogP contribution in [0.3, 0.4) is 0 Å². The maximum atomic E-state index is 9.87. The molecule has 2 aliphatic rings. The van der Waals surface area contributed by atoms with Crippen molar-refractivity contribution in [1.82, 2.24) is 0 Å². The van der Waals surface area contributed by atoms with E-state index in [1.54, 1.807) is 0 Å². The van der Waals surface area contributed by atoms with Gasteiger partial charge >= 0.3 is 0 Å². The van der Waals surface area contributed by atoms with E-state index in [9.17, 15) is 5.11 Å². The van der Waals surface area contributed by atoms with Gasteiger partial charge in [-0.2, -0.15) is 0 Å². The van der Waals surface area contributed by atoms with Crippen molar-refractivity contribution in [3.05, 3.63) is 11.6 Å². The van der Waals surface area contributed by atoms with E-state index < -0.39 is 0 Å². The number of aliphatic hydroxyl groups excluding tert-OH is 1. The van der Waals surface area contributed by atoms with Gasteiger partial charge in [0.15, 0.2) is 0 Å². The van der Waals surface area contributed by atoms with Crippen molar-refractivity contribution in [1.29, 1.82) is 0 Å². The van der Waals surface area contributed by atoms with Crippen molar-refractivity contribution in [2.75, 3.05) is 0 Å². The first-order valence-electron chi connectivity index (χ1n) is 5.07. The fraction of sp³-hybridized carbons (Fsp3) is 0.818. The quantitative estimate of drug-likeness (QED) is 0.639. The number of aliphatic hydroxyl groups is 1. The van der Waals surface area contributed by atoms with Crippen LogP contribution in [-0.4, -0.2) is 11.2 Å². The second-order valence-corrected chi connectivity index (χ2v) is 4.63. The second kappa shape index (κ2) is 2.88. The standard InChI is InChI=1S/C11H18O/c1-11(6-7-11)10(12)8-9-4-2-3-5-9/h4,10,12H,2-3,5-8H2,1H3. The Morgan fingerprint density at radius 2 is 2.33 bits per heavy atom. The smallest absolute Gasteiger partial charge is 0.0630 e. The van der Waals surface area contributed by atoms with E-state index in [2.05, 4.69) is 13.0 Å². The van der Waals surface area contributed by atoms with Gasteiger partial charge in [0.25, 0.3) is 0 Å². The molecule has 1 saturated carbocycles. The molecule has 0 aromatic carbocycles. The molecule has 12 heavy (non-hydrogen) atoms. The molecule has 1 fully saturated rings. The highest BCUT2D eigenvalue weighted by Gasteiger charge is 2.44. The highest BCUT2D eigenvalue weighted by Crippen LogP contribution is 2.50. The molecule has 1 atom stereocenters. The fourth-order valence-corrected chi connectivity index (χ4v) is 1.95. The predicted molar refractivity (Wildman–Crippen MR) is 49.9 cm³/mol. The summed E-state index contributed by atoms with van der Waals surface area (Å²) in [7, 11) is 0. The molecule has 0 radical (unpaired) electrons. The van der Waals surface area contributed by atoms with Crippen molar-refractivity contribution in [3.8, 4) is 0 Å². The van der Waals surface area contributed by atoms with Crippen LogP contribution in [0.1, 0.15) is 45.4 Å². The van der Waals surface area contributed by atoms with Crippen molar-refractivity contribution >= 4 is 0 Å². The van der Waals surface area contributed by atoms with Crippen molar-refractivity contribution in [3.63, 3.8) is 0 Å². The molecular weight excluding hydrogens is 148 g/mol. The minimum atomic E-state index is -0.0677. The lowest BCUT2D eigenvalue weighted by Crippen LogP contribution is -2.18. The molecule has 0 heterocycles. The van der Waals surface area contributed by atoms with Gasteiger partial charge in [0.2, 0.25) is 0 Å². The Labute approximate surface area is 74.5 Å². The zero-order valence-corrected chi connectivity index (χ0v) is 7.84. The van der Waals surface area contributed by atoms with Crippen LogP contribution in [0.4, 0.5) is 0 Å². The summed E-state index contributed by atoms with van der Waals surface area (Å²) in [6.07, 6.45) is 9.40.